The summed E-state index contributed by atoms with van der Waals surface area (Å²) in [5.41, 5.74) is 2.66. The molecule has 7 heteroatoms. The minimum Gasteiger partial charge on any atom is -0.385 e. The maximum absolute atomic E-state index is 12.5. The van der Waals surface area contributed by atoms with Gasteiger partial charge in [0.15, 0.2) is 0 Å². The highest BCUT2D eigenvalue weighted by Crippen LogP contribution is 2.17. The fraction of sp³-hybridized carbons (Fsp3) is 0.350. The molecule has 2 heterocycles. The summed E-state index contributed by atoms with van der Waals surface area (Å²) in [6.45, 7) is 3.73. The van der Waals surface area contributed by atoms with E-state index in [1.54, 1.807) is 20.1 Å². The first-order valence-corrected chi connectivity index (χ1v) is 9.09. The van der Waals surface area contributed by atoms with Gasteiger partial charge in [-0.05, 0) is 31.4 Å². The Kier molecular flexibility index (Phi) is 6.38. The van der Waals surface area contributed by atoms with Gasteiger partial charge in [0.1, 0.15) is 17.3 Å². The second kappa shape index (κ2) is 9.14. The number of nitrogens with one attached hydrogen (secondary N) is 3. The molecule has 0 atom stereocenters. The number of anilines is 1. The van der Waals surface area contributed by atoms with Crippen LogP contribution in [0.5, 0.6) is 0 Å². The Balaban J connectivity index is 1.56. The first kappa shape index (κ1) is 18.8. The van der Waals surface area contributed by atoms with Crippen LogP contribution in [0.15, 0.2) is 36.5 Å². The van der Waals surface area contributed by atoms with Gasteiger partial charge in [0.25, 0.3) is 5.91 Å². The van der Waals surface area contributed by atoms with Crippen molar-refractivity contribution in [2.45, 2.75) is 19.8 Å². The first-order chi connectivity index (χ1) is 13.2. The second-order valence-electron chi connectivity index (χ2n) is 6.32. The van der Waals surface area contributed by atoms with E-state index in [4.69, 9.17) is 4.74 Å². The van der Waals surface area contributed by atoms with E-state index >= 15 is 0 Å². The zero-order chi connectivity index (χ0) is 19.1. The van der Waals surface area contributed by atoms with Crippen LogP contribution in [0.4, 0.5) is 5.82 Å². The number of carbonyl (C=O) groups is 1. The van der Waals surface area contributed by atoms with Gasteiger partial charge in [-0.2, -0.15) is 0 Å². The molecule has 0 aliphatic rings. The van der Waals surface area contributed by atoms with Crippen molar-refractivity contribution in [3.63, 3.8) is 0 Å². The molecule has 3 N–H and O–H groups in total. The molecule has 1 aromatic carbocycles. The lowest BCUT2D eigenvalue weighted by Gasteiger charge is -2.09. The van der Waals surface area contributed by atoms with Crippen LogP contribution in [0, 0.1) is 6.92 Å². The number of methoxy groups -OCH3 is 1. The summed E-state index contributed by atoms with van der Waals surface area (Å²) in [5.74, 6) is 1.02. The van der Waals surface area contributed by atoms with E-state index in [-0.39, 0.29) is 5.91 Å². The Hall–Kier alpha value is -2.93. The highest BCUT2D eigenvalue weighted by Gasteiger charge is 2.11. The van der Waals surface area contributed by atoms with Crippen LogP contribution in [0.3, 0.4) is 0 Å². The number of hydrogen-bond donors (Lipinski definition) is 3. The van der Waals surface area contributed by atoms with Crippen LogP contribution in [0.2, 0.25) is 0 Å². The van der Waals surface area contributed by atoms with Gasteiger partial charge < -0.3 is 20.4 Å². The normalized spacial score (nSPS) is 10.9. The highest BCUT2D eigenvalue weighted by molar-refractivity contribution is 5.93. The second-order valence-corrected chi connectivity index (χ2v) is 6.32. The summed E-state index contributed by atoms with van der Waals surface area (Å²) in [5, 5.41) is 7.33. The van der Waals surface area contributed by atoms with Gasteiger partial charge in [-0.3, -0.25) is 4.79 Å². The molecule has 0 saturated heterocycles. The van der Waals surface area contributed by atoms with E-state index in [9.17, 15) is 4.79 Å². The molecule has 0 unspecified atom stereocenters. The smallest absolute Gasteiger partial charge is 0.270 e. The molecule has 0 saturated carbocycles. The van der Waals surface area contributed by atoms with Gasteiger partial charge in [-0.15, -0.1) is 0 Å². The lowest BCUT2D eigenvalue weighted by atomic mass is 10.1. The molecule has 3 aromatic rings. The van der Waals surface area contributed by atoms with E-state index in [1.165, 1.54) is 10.9 Å². The van der Waals surface area contributed by atoms with E-state index in [1.807, 2.05) is 24.4 Å². The molecular formula is C20H25N5O2. The maximum atomic E-state index is 12.5. The van der Waals surface area contributed by atoms with Gasteiger partial charge in [-0.1, -0.05) is 18.2 Å². The highest BCUT2D eigenvalue weighted by atomic mass is 16.5. The Labute approximate surface area is 158 Å². The third kappa shape index (κ3) is 5.04. The Morgan fingerprint density at radius 2 is 2.07 bits per heavy atom. The number of ether oxygens (including phenoxy) is 1. The molecule has 7 nitrogen and oxygen atoms in total. The summed E-state index contributed by atoms with van der Waals surface area (Å²) in [6.07, 6.45) is 3.61. The number of fused-ring (bicyclic) bond motifs is 1. The fourth-order valence-corrected chi connectivity index (χ4v) is 2.95. The summed E-state index contributed by atoms with van der Waals surface area (Å²) in [4.78, 5) is 24.3. The van der Waals surface area contributed by atoms with Crippen LogP contribution in [0.1, 0.15) is 28.3 Å². The standard InChI is InChI=1S/C20H25N5O2/c1-14-24-18(12-19(25-14)21-9-5-11-27-2)20(26)22-10-8-15-13-23-17-7-4-3-6-16(15)17/h3-4,6-7,12-13,23H,5,8-11H2,1-2H3,(H,22,26)(H,21,24,25). The topological polar surface area (TPSA) is 91.9 Å². The van der Waals surface area contributed by atoms with Crippen molar-refractivity contribution in [2.75, 3.05) is 32.1 Å². The lowest BCUT2D eigenvalue weighted by molar-refractivity contribution is 0.0949. The van der Waals surface area contributed by atoms with Gasteiger partial charge in [-0.25, -0.2) is 9.97 Å². The Bertz CT molecular complexity index is 906. The van der Waals surface area contributed by atoms with Crippen LogP contribution in [-0.2, 0) is 11.2 Å². The Morgan fingerprint density at radius 1 is 1.22 bits per heavy atom. The van der Waals surface area contributed by atoms with Crippen molar-refractivity contribution >= 4 is 22.6 Å². The Morgan fingerprint density at radius 3 is 2.93 bits per heavy atom. The number of H-pyrrole nitrogens is 1. The number of amides is 1. The fourth-order valence-electron chi connectivity index (χ4n) is 2.95. The number of carbonyl (C=O) groups excluding carboxylic acids is 1. The SMILES string of the molecule is COCCCNc1cc(C(=O)NCCc2c[nH]c3ccccc23)nc(C)n1. The zero-order valence-electron chi connectivity index (χ0n) is 15.7. The van der Waals surface area contributed by atoms with Crippen molar-refractivity contribution < 1.29 is 9.53 Å². The predicted molar refractivity (Wildman–Crippen MR) is 106 cm³/mol. The molecule has 0 fully saturated rings. The van der Waals surface area contributed by atoms with Crippen molar-refractivity contribution in [3.8, 4) is 0 Å². The summed E-state index contributed by atoms with van der Waals surface area (Å²) >= 11 is 0. The minimum atomic E-state index is -0.194. The number of aryl methyl sites for hydroxylation is 1. The summed E-state index contributed by atoms with van der Waals surface area (Å²) < 4.78 is 5.03. The number of nitrogens with zero attached hydrogens (tertiary/aromatic N) is 2. The number of aromatic nitrogens is 3. The predicted octanol–water partition coefficient (Wildman–Crippen LogP) is 2.69. The van der Waals surface area contributed by atoms with Crippen LogP contribution in [0.25, 0.3) is 10.9 Å². The molecule has 0 aliphatic carbocycles. The van der Waals surface area contributed by atoms with Crippen molar-refractivity contribution in [3.05, 3.63) is 53.6 Å². The molecule has 0 spiro atoms. The molecule has 0 bridgehead atoms. The van der Waals surface area contributed by atoms with Crippen LogP contribution >= 0.6 is 0 Å². The quantitative estimate of drug-likeness (QED) is 0.506. The molecule has 142 valence electrons. The van der Waals surface area contributed by atoms with Gasteiger partial charge in [0.2, 0.25) is 0 Å². The van der Waals surface area contributed by atoms with Crippen LogP contribution < -0.4 is 10.6 Å². The average Bonchev–Trinajstić information content (AvgIpc) is 3.08. The molecule has 1 amide bonds. The first-order valence-electron chi connectivity index (χ1n) is 9.09. The van der Waals surface area contributed by atoms with Crippen molar-refractivity contribution in [1.29, 1.82) is 0 Å². The third-order valence-corrected chi connectivity index (χ3v) is 4.26. The van der Waals surface area contributed by atoms with Gasteiger partial charge in [0.05, 0.1) is 0 Å². The third-order valence-electron chi connectivity index (χ3n) is 4.26. The van der Waals surface area contributed by atoms with E-state index < -0.39 is 0 Å². The number of aromatic amines is 1. The summed E-state index contributed by atoms with van der Waals surface area (Å²) in [6, 6.07) is 9.83. The number of rotatable bonds is 9. The van der Waals surface area contributed by atoms with Crippen LogP contribution in [-0.4, -0.2) is 47.7 Å². The lowest BCUT2D eigenvalue weighted by Crippen LogP contribution is -2.27. The molecule has 3 rings (SSSR count). The van der Waals surface area contributed by atoms with E-state index in [0.717, 1.165) is 24.9 Å². The molecule has 2 aromatic heterocycles. The average molecular weight is 367 g/mol. The zero-order valence-corrected chi connectivity index (χ0v) is 15.7. The minimum absolute atomic E-state index is 0.194. The van der Waals surface area contributed by atoms with E-state index in [2.05, 4.69) is 31.7 Å². The monoisotopic (exact) mass is 367 g/mol. The number of benzene rings is 1. The number of hydrogen-bond acceptors (Lipinski definition) is 5. The maximum Gasteiger partial charge on any atom is 0.270 e. The summed E-state index contributed by atoms with van der Waals surface area (Å²) in [7, 11) is 1.67. The number of para-hydroxylation sites is 1. The van der Waals surface area contributed by atoms with Crippen molar-refractivity contribution in [1.82, 2.24) is 20.3 Å². The van der Waals surface area contributed by atoms with Gasteiger partial charge >= 0.3 is 0 Å². The van der Waals surface area contributed by atoms with E-state index in [0.29, 0.717) is 30.5 Å². The molecule has 27 heavy (non-hydrogen) atoms. The molecule has 0 radical (unpaired) electrons. The van der Waals surface area contributed by atoms with Gasteiger partial charge in [0, 0.05) is 50.0 Å². The molecule has 0 aliphatic heterocycles. The molecular weight excluding hydrogens is 342 g/mol. The largest absolute Gasteiger partial charge is 0.385 e. The van der Waals surface area contributed by atoms with Crippen molar-refractivity contribution in [2.24, 2.45) is 0 Å².